The minimum Gasteiger partial charge on any atom is -0.318 e. The van der Waals surface area contributed by atoms with Gasteiger partial charge in [0.05, 0.1) is 12.2 Å². The van der Waals surface area contributed by atoms with Crippen LogP contribution in [0.5, 0.6) is 0 Å². The van der Waals surface area contributed by atoms with Gasteiger partial charge in [0.15, 0.2) is 5.82 Å². The van der Waals surface area contributed by atoms with Crippen LogP contribution in [0.25, 0.3) is 0 Å². The number of carbonyl (C=O) groups is 1. The first-order chi connectivity index (χ1) is 7.00. The van der Waals surface area contributed by atoms with Gasteiger partial charge in [-0.1, -0.05) is 0 Å². The third kappa shape index (κ3) is 1.63. The van der Waals surface area contributed by atoms with Crippen LogP contribution in [0, 0.1) is 11.6 Å². The Labute approximate surface area is 93.0 Å². The monoisotopic (exact) mass is 276 g/mol. The molecule has 15 heavy (non-hydrogen) atoms. The van der Waals surface area contributed by atoms with Crippen LogP contribution in [0.15, 0.2) is 16.6 Å². The van der Waals surface area contributed by atoms with Crippen molar-refractivity contribution in [3.05, 3.63) is 28.2 Å². The molecular weight excluding hydrogens is 270 g/mol. The zero-order valence-corrected chi connectivity index (χ0v) is 9.09. The first kappa shape index (κ1) is 10.5. The first-order valence-corrected chi connectivity index (χ1v) is 5.01. The second-order valence-electron chi connectivity index (χ2n) is 3.27. The summed E-state index contributed by atoms with van der Waals surface area (Å²) in [6.07, 6.45) is 0. The number of hydrogen-bond acceptors (Lipinski definition) is 2. The Hall–Kier alpha value is -1.01. The Morgan fingerprint density at radius 3 is 2.60 bits per heavy atom. The van der Waals surface area contributed by atoms with E-state index < -0.39 is 17.7 Å². The summed E-state index contributed by atoms with van der Waals surface area (Å²) in [5, 5.41) is 0. The molecule has 3 nitrogen and oxygen atoms in total. The maximum Gasteiger partial charge on any atom is 0.245 e. The van der Waals surface area contributed by atoms with E-state index in [1.807, 2.05) is 0 Å². The van der Waals surface area contributed by atoms with Crippen molar-refractivity contribution in [3.8, 4) is 0 Å². The van der Waals surface area contributed by atoms with Gasteiger partial charge in [0.25, 0.3) is 0 Å². The van der Waals surface area contributed by atoms with Crippen LogP contribution in [-0.2, 0) is 4.79 Å². The van der Waals surface area contributed by atoms with E-state index in [4.69, 9.17) is 5.73 Å². The van der Waals surface area contributed by atoms with Crippen molar-refractivity contribution in [1.29, 1.82) is 0 Å². The van der Waals surface area contributed by atoms with Crippen LogP contribution < -0.4 is 10.6 Å². The predicted octanol–water partition coefficient (Wildman–Crippen LogP) is 1.40. The summed E-state index contributed by atoms with van der Waals surface area (Å²) in [5.41, 5.74) is 5.42. The fourth-order valence-corrected chi connectivity index (χ4v) is 2.07. The zero-order chi connectivity index (χ0) is 11.2. The van der Waals surface area contributed by atoms with Gasteiger partial charge in [-0.2, -0.15) is 0 Å². The van der Waals surface area contributed by atoms with Gasteiger partial charge in [0.2, 0.25) is 5.91 Å². The Kier molecular flexibility index (Phi) is 2.47. The molecule has 1 fully saturated rings. The van der Waals surface area contributed by atoms with Crippen LogP contribution in [0.2, 0.25) is 0 Å². The van der Waals surface area contributed by atoms with E-state index in [9.17, 15) is 13.6 Å². The van der Waals surface area contributed by atoms with Crippen molar-refractivity contribution in [1.82, 2.24) is 0 Å². The van der Waals surface area contributed by atoms with E-state index in [-0.39, 0.29) is 22.6 Å². The highest BCUT2D eigenvalue weighted by molar-refractivity contribution is 9.10. The number of hydrogen-bond donors (Lipinski definition) is 1. The highest BCUT2D eigenvalue weighted by atomic mass is 79.9. The molecule has 1 atom stereocenters. The minimum absolute atomic E-state index is 0.0445. The molecule has 0 aromatic heterocycles. The van der Waals surface area contributed by atoms with Gasteiger partial charge in [-0.25, -0.2) is 8.78 Å². The number of nitrogens with zero attached hydrogens (tertiary/aromatic N) is 1. The molecule has 1 saturated heterocycles. The molecule has 0 saturated carbocycles. The third-order valence-electron chi connectivity index (χ3n) is 2.21. The number of benzene rings is 1. The smallest absolute Gasteiger partial charge is 0.245 e. The van der Waals surface area contributed by atoms with E-state index in [2.05, 4.69) is 15.9 Å². The zero-order valence-electron chi connectivity index (χ0n) is 7.51. The lowest BCUT2D eigenvalue weighted by Crippen LogP contribution is -2.61. The molecule has 0 spiro atoms. The summed E-state index contributed by atoms with van der Waals surface area (Å²) in [5.74, 6) is -1.83. The molecule has 0 bridgehead atoms. The molecule has 80 valence electrons. The number of carbonyl (C=O) groups excluding carboxylic acids is 1. The van der Waals surface area contributed by atoms with E-state index in [0.717, 1.165) is 12.1 Å². The highest BCUT2D eigenvalue weighted by Crippen LogP contribution is 2.33. The number of rotatable bonds is 1. The highest BCUT2D eigenvalue weighted by Gasteiger charge is 2.37. The molecule has 2 rings (SSSR count). The van der Waals surface area contributed by atoms with Crippen molar-refractivity contribution in [3.63, 3.8) is 0 Å². The van der Waals surface area contributed by atoms with Crippen LogP contribution in [0.4, 0.5) is 14.5 Å². The number of β-lactam (4-membered cyclic amide) rings is 1. The molecule has 1 aromatic rings. The molecule has 0 aliphatic carbocycles. The number of amides is 1. The maximum absolute atomic E-state index is 13.4. The van der Waals surface area contributed by atoms with Crippen molar-refractivity contribution in [2.75, 3.05) is 11.4 Å². The van der Waals surface area contributed by atoms with Gasteiger partial charge in [-0.3, -0.25) is 4.79 Å². The largest absolute Gasteiger partial charge is 0.318 e. The van der Waals surface area contributed by atoms with E-state index in [1.165, 1.54) is 4.90 Å². The van der Waals surface area contributed by atoms with E-state index >= 15 is 0 Å². The molecule has 1 aromatic carbocycles. The molecule has 1 heterocycles. The average molecular weight is 277 g/mol. The van der Waals surface area contributed by atoms with E-state index in [0.29, 0.717) is 0 Å². The lowest BCUT2D eigenvalue weighted by Gasteiger charge is -2.36. The molecule has 2 N–H and O–H groups in total. The fraction of sp³-hybridized carbons (Fsp3) is 0.222. The Morgan fingerprint density at radius 2 is 2.13 bits per heavy atom. The molecule has 1 amide bonds. The Bertz CT molecular complexity index is 415. The average Bonchev–Trinajstić information content (AvgIpc) is 2.15. The van der Waals surface area contributed by atoms with Crippen LogP contribution in [0.3, 0.4) is 0 Å². The van der Waals surface area contributed by atoms with Crippen molar-refractivity contribution in [2.24, 2.45) is 5.73 Å². The van der Waals surface area contributed by atoms with Gasteiger partial charge in [0.1, 0.15) is 11.9 Å². The summed E-state index contributed by atoms with van der Waals surface area (Å²) in [6.45, 7) is 0.250. The van der Waals surface area contributed by atoms with Gasteiger partial charge < -0.3 is 10.6 Å². The van der Waals surface area contributed by atoms with Crippen LogP contribution in [0.1, 0.15) is 0 Å². The second kappa shape index (κ2) is 3.53. The summed E-state index contributed by atoms with van der Waals surface area (Å²) in [7, 11) is 0. The maximum atomic E-state index is 13.4. The molecule has 1 aliphatic rings. The van der Waals surface area contributed by atoms with Gasteiger partial charge in [0, 0.05) is 10.5 Å². The second-order valence-corrected chi connectivity index (χ2v) is 4.13. The van der Waals surface area contributed by atoms with Crippen LogP contribution in [-0.4, -0.2) is 18.5 Å². The van der Waals surface area contributed by atoms with Crippen LogP contribution >= 0.6 is 15.9 Å². The first-order valence-electron chi connectivity index (χ1n) is 4.22. The summed E-state index contributed by atoms with van der Waals surface area (Å²) < 4.78 is 26.4. The SMILES string of the molecule is NC1CN(c2c(F)cc(F)cc2Br)C1=O. The Morgan fingerprint density at radius 1 is 1.47 bits per heavy atom. The molecule has 0 radical (unpaired) electrons. The van der Waals surface area contributed by atoms with Gasteiger partial charge in [-0.05, 0) is 22.0 Å². The van der Waals surface area contributed by atoms with Gasteiger partial charge >= 0.3 is 0 Å². The summed E-state index contributed by atoms with van der Waals surface area (Å²) in [6, 6.07) is 1.26. The quantitative estimate of drug-likeness (QED) is 0.789. The lowest BCUT2D eigenvalue weighted by molar-refractivity contribution is -0.123. The lowest BCUT2D eigenvalue weighted by atomic mass is 10.1. The molecule has 6 heteroatoms. The summed E-state index contributed by atoms with van der Waals surface area (Å²) >= 11 is 3.01. The fourth-order valence-electron chi connectivity index (χ4n) is 1.45. The minimum atomic E-state index is -0.776. The molecular formula is C9H7BrF2N2O. The topological polar surface area (TPSA) is 46.3 Å². The van der Waals surface area contributed by atoms with E-state index in [1.54, 1.807) is 0 Å². The third-order valence-corrected chi connectivity index (χ3v) is 2.82. The Balaban J connectivity index is 2.41. The number of halogens is 3. The standard InChI is InChI=1S/C9H7BrF2N2O/c10-5-1-4(11)2-6(12)8(5)14-3-7(13)9(14)15/h1-2,7H,3,13H2. The summed E-state index contributed by atoms with van der Waals surface area (Å²) in [4.78, 5) is 12.5. The van der Waals surface area contributed by atoms with Crippen molar-refractivity contribution in [2.45, 2.75) is 6.04 Å². The number of anilines is 1. The van der Waals surface area contributed by atoms with Gasteiger partial charge in [-0.15, -0.1) is 0 Å². The number of nitrogens with two attached hydrogens (primary N) is 1. The molecule has 1 aliphatic heterocycles. The normalized spacial score (nSPS) is 20.4. The molecule has 1 unspecified atom stereocenters. The van der Waals surface area contributed by atoms with Crippen molar-refractivity contribution < 1.29 is 13.6 Å². The van der Waals surface area contributed by atoms with Crippen molar-refractivity contribution >= 4 is 27.5 Å². The predicted molar refractivity (Wildman–Crippen MR) is 54.4 cm³/mol.